The zero-order valence-electron chi connectivity index (χ0n) is 13.8. The van der Waals surface area contributed by atoms with Gasteiger partial charge in [-0.1, -0.05) is 36.8 Å². The van der Waals surface area contributed by atoms with Crippen LogP contribution in [-0.2, 0) is 10.0 Å². The van der Waals surface area contributed by atoms with Crippen molar-refractivity contribution in [1.29, 1.82) is 0 Å². The average molecular weight is 332 g/mol. The lowest BCUT2D eigenvalue weighted by Crippen LogP contribution is -2.15. The number of sulfonamides is 1. The number of benzene rings is 2. The molecule has 4 nitrogen and oxygen atoms in total. The van der Waals surface area contributed by atoms with Crippen LogP contribution in [0, 0.1) is 13.8 Å². The highest BCUT2D eigenvalue weighted by Crippen LogP contribution is 2.24. The van der Waals surface area contributed by atoms with E-state index in [4.69, 9.17) is 5.14 Å². The molecule has 5 heteroatoms. The SMILES string of the molecule is CCC(CNc1ccc(C)cc1C)c1cccc(S(N)(=O)=O)c1. The van der Waals surface area contributed by atoms with Crippen LogP contribution in [0.4, 0.5) is 5.69 Å². The highest BCUT2D eigenvalue weighted by Gasteiger charge is 2.14. The van der Waals surface area contributed by atoms with Gasteiger partial charge < -0.3 is 5.32 Å². The maximum Gasteiger partial charge on any atom is 0.238 e. The van der Waals surface area contributed by atoms with Gasteiger partial charge in [-0.15, -0.1) is 0 Å². The summed E-state index contributed by atoms with van der Waals surface area (Å²) < 4.78 is 23.0. The molecule has 0 fully saturated rings. The lowest BCUT2D eigenvalue weighted by atomic mass is 9.96. The van der Waals surface area contributed by atoms with Gasteiger partial charge in [0.05, 0.1) is 4.90 Å². The Balaban J connectivity index is 2.17. The number of nitrogens with one attached hydrogen (secondary N) is 1. The second-order valence-electron chi connectivity index (χ2n) is 5.92. The third-order valence-electron chi connectivity index (χ3n) is 4.07. The van der Waals surface area contributed by atoms with E-state index in [0.29, 0.717) is 0 Å². The van der Waals surface area contributed by atoms with Crippen molar-refractivity contribution in [2.45, 2.75) is 38.0 Å². The first-order valence-electron chi connectivity index (χ1n) is 7.75. The lowest BCUT2D eigenvalue weighted by molar-refractivity contribution is 0.597. The molecule has 0 saturated heterocycles. The van der Waals surface area contributed by atoms with Crippen LogP contribution in [0.25, 0.3) is 0 Å². The van der Waals surface area contributed by atoms with Crippen LogP contribution >= 0.6 is 0 Å². The maximum atomic E-state index is 11.5. The van der Waals surface area contributed by atoms with Crippen molar-refractivity contribution < 1.29 is 8.42 Å². The molecule has 3 N–H and O–H groups in total. The fourth-order valence-corrected chi connectivity index (χ4v) is 3.26. The molecule has 0 amide bonds. The molecule has 0 heterocycles. The van der Waals surface area contributed by atoms with E-state index in [1.54, 1.807) is 12.1 Å². The molecule has 1 atom stereocenters. The lowest BCUT2D eigenvalue weighted by Gasteiger charge is -2.19. The molecule has 2 aromatic rings. The van der Waals surface area contributed by atoms with Crippen molar-refractivity contribution in [3.05, 3.63) is 59.2 Å². The summed E-state index contributed by atoms with van der Waals surface area (Å²) in [7, 11) is -3.67. The summed E-state index contributed by atoms with van der Waals surface area (Å²) in [6.07, 6.45) is 0.909. The number of nitrogens with two attached hydrogens (primary N) is 1. The smallest absolute Gasteiger partial charge is 0.238 e. The van der Waals surface area contributed by atoms with Gasteiger partial charge in [-0.05, 0) is 49.6 Å². The van der Waals surface area contributed by atoms with Gasteiger partial charge in [0.25, 0.3) is 0 Å². The first kappa shape index (κ1) is 17.5. The molecule has 0 aliphatic carbocycles. The molecule has 0 radical (unpaired) electrons. The maximum absolute atomic E-state index is 11.5. The number of hydrogen-bond donors (Lipinski definition) is 2. The second-order valence-corrected chi connectivity index (χ2v) is 7.48. The molecule has 124 valence electrons. The van der Waals surface area contributed by atoms with Gasteiger partial charge in [-0.3, -0.25) is 0 Å². The summed E-state index contributed by atoms with van der Waals surface area (Å²) in [6, 6.07) is 13.2. The Kier molecular flexibility index (Phi) is 5.44. The molecular weight excluding hydrogens is 308 g/mol. The summed E-state index contributed by atoms with van der Waals surface area (Å²) in [4.78, 5) is 0.167. The number of rotatable bonds is 6. The first-order chi connectivity index (χ1) is 10.8. The van der Waals surface area contributed by atoms with E-state index in [9.17, 15) is 8.42 Å². The number of hydrogen-bond acceptors (Lipinski definition) is 3. The van der Waals surface area contributed by atoms with Crippen LogP contribution in [0.15, 0.2) is 47.4 Å². The van der Waals surface area contributed by atoms with Gasteiger partial charge in [0.2, 0.25) is 10.0 Å². The van der Waals surface area contributed by atoms with Gasteiger partial charge in [0, 0.05) is 18.2 Å². The van der Waals surface area contributed by atoms with E-state index < -0.39 is 10.0 Å². The van der Waals surface area contributed by atoms with Crippen molar-refractivity contribution in [3.8, 4) is 0 Å². The topological polar surface area (TPSA) is 72.2 Å². The van der Waals surface area contributed by atoms with E-state index in [1.807, 2.05) is 6.07 Å². The van der Waals surface area contributed by atoms with E-state index in [-0.39, 0.29) is 10.8 Å². The van der Waals surface area contributed by atoms with Gasteiger partial charge in [-0.25, -0.2) is 13.6 Å². The van der Waals surface area contributed by atoms with Gasteiger partial charge in [0.15, 0.2) is 0 Å². The quantitative estimate of drug-likeness (QED) is 0.849. The number of aryl methyl sites for hydroxylation is 2. The summed E-state index contributed by atoms with van der Waals surface area (Å²) in [6.45, 7) is 6.99. The summed E-state index contributed by atoms with van der Waals surface area (Å²) in [5.74, 6) is 0.220. The summed E-state index contributed by atoms with van der Waals surface area (Å²) >= 11 is 0. The van der Waals surface area contributed by atoms with Crippen molar-refractivity contribution in [2.75, 3.05) is 11.9 Å². The first-order valence-corrected chi connectivity index (χ1v) is 9.29. The molecule has 2 rings (SSSR count). The van der Waals surface area contributed by atoms with Gasteiger partial charge >= 0.3 is 0 Å². The number of primary sulfonamides is 1. The van der Waals surface area contributed by atoms with Crippen LogP contribution in [0.2, 0.25) is 0 Å². The largest absolute Gasteiger partial charge is 0.384 e. The molecule has 1 unspecified atom stereocenters. The van der Waals surface area contributed by atoms with Crippen LogP contribution in [0.3, 0.4) is 0 Å². The Morgan fingerprint density at radius 1 is 1.13 bits per heavy atom. The Labute approximate surface area is 138 Å². The molecule has 0 spiro atoms. The van der Waals surface area contributed by atoms with Crippen LogP contribution < -0.4 is 10.5 Å². The van der Waals surface area contributed by atoms with Crippen molar-refractivity contribution in [3.63, 3.8) is 0 Å². The van der Waals surface area contributed by atoms with Gasteiger partial charge in [0.1, 0.15) is 0 Å². The van der Waals surface area contributed by atoms with Crippen molar-refractivity contribution in [1.82, 2.24) is 0 Å². The minimum atomic E-state index is -3.67. The molecule has 23 heavy (non-hydrogen) atoms. The summed E-state index contributed by atoms with van der Waals surface area (Å²) in [5.41, 5.74) is 4.53. The molecule has 0 aliphatic heterocycles. The Bertz CT molecular complexity index is 785. The molecular formula is C18H24N2O2S. The second kappa shape index (κ2) is 7.15. The Morgan fingerprint density at radius 3 is 2.48 bits per heavy atom. The summed E-state index contributed by atoms with van der Waals surface area (Å²) in [5, 5.41) is 8.69. The monoisotopic (exact) mass is 332 g/mol. The third kappa shape index (κ3) is 4.56. The zero-order chi connectivity index (χ0) is 17.0. The van der Waals surface area contributed by atoms with Gasteiger partial charge in [-0.2, -0.15) is 0 Å². The van der Waals surface area contributed by atoms with E-state index in [0.717, 1.165) is 24.2 Å². The predicted molar refractivity (Wildman–Crippen MR) is 95.3 cm³/mol. The standard InChI is InChI=1S/C18H24N2O2S/c1-4-15(12-20-18-9-8-13(2)10-14(18)3)16-6-5-7-17(11-16)23(19,21)22/h5-11,15,20H,4,12H2,1-3H3,(H2,19,21,22). The molecule has 0 bridgehead atoms. The van der Waals surface area contributed by atoms with E-state index in [1.165, 1.54) is 17.2 Å². The third-order valence-corrected chi connectivity index (χ3v) is 4.98. The van der Waals surface area contributed by atoms with Crippen LogP contribution in [0.5, 0.6) is 0 Å². The molecule has 0 saturated carbocycles. The van der Waals surface area contributed by atoms with Crippen molar-refractivity contribution in [2.24, 2.45) is 5.14 Å². The molecule has 0 aliphatic rings. The fourth-order valence-electron chi connectivity index (χ4n) is 2.69. The highest BCUT2D eigenvalue weighted by atomic mass is 32.2. The van der Waals surface area contributed by atoms with Crippen LogP contribution in [0.1, 0.15) is 36.0 Å². The molecule has 2 aromatic carbocycles. The Hall–Kier alpha value is -1.85. The molecule has 0 aromatic heterocycles. The average Bonchev–Trinajstić information content (AvgIpc) is 2.49. The highest BCUT2D eigenvalue weighted by molar-refractivity contribution is 7.89. The van der Waals surface area contributed by atoms with E-state index in [2.05, 4.69) is 44.3 Å². The van der Waals surface area contributed by atoms with E-state index >= 15 is 0 Å². The Morgan fingerprint density at radius 2 is 1.87 bits per heavy atom. The normalized spacial score (nSPS) is 12.9. The number of anilines is 1. The predicted octanol–water partition coefficient (Wildman–Crippen LogP) is 3.56. The minimum absolute atomic E-state index is 0.167. The van der Waals surface area contributed by atoms with Crippen LogP contribution in [-0.4, -0.2) is 15.0 Å². The fraction of sp³-hybridized carbons (Fsp3) is 0.333. The zero-order valence-corrected chi connectivity index (χ0v) is 14.7. The minimum Gasteiger partial charge on any atom is -0.384 e. The van der Waals surface area contributed by atoms with Crippen molar-refractivity contribution >= 4 is 15.7 Å².